The van der Waals surface area contributed by atoms with Crippen LogP contribution in [-0.4, -0.2) is 48.6 Å². The Bertz CT molecular complexity index is 408. The van der Waals surface area contributed by atoms with E-state index in [0.29, 0.717) is 19.4 Å². The topological polar surface area (TPSA) is 69.6 Å². The third-order valence-corrected chi connectivity index (χ3v) is 4.80. The highest BCUT2D eigenvalue weighted by Gasteiger charge is 2.18. The molecule has 0 aliphatic rings. The van der Waals surface area contributed by atoms with Gasteiger partial charge in [0.05, 0.1) is 0 Å². The van der Waals surface area contributed by atoms with E-state index in [1.54, 1.807) is 19.0 Å². The molecule has 0 saturated heterocycles. The van der Waals surface area contributed by atoms with Crippen molar-refractivity contribution >= 4 is 11.9 Å². The third kappa shape index (κ3) is 16.5. The van der Waals surface area contributed by atoms with Crippen molar-refractivity contribution in [3.63, 3.8) is 0 Å². The minimum atomic E-state index is -0.783. The van der Waals surface area contributed by atoms with Gasteiger partial charge in [-0.3, -0.25) is 14.5 Å². The molecule has 27 heavy (non-hydrogen) atoms. The second-order valence-electron chi connectivity index (χ2n) is 7.58. The van der Waals surface area contributed by atoms with Gasteiger partial charge in [-0.05, 0) is 65.5 Å². The minimum absolute atomic E-state index is 0.109. The largest absolute Gasteiger partial charge is 0.480 e. The minimum Gasteiger partial charge on any atom is -0.480 e. The molecule has 0 fully saturated rings. The predicted molar refractivity (Wildman–Crippen MR) is 113 cm³/mol. The number of allylic oxidation sites excluding steroid dienone is 2. The lowest BCUT2D eigenvalue weighted by atomic mass is 10.1. The Labute approximate surface area is 166 Å². The van der Waals surface area contributed by atoms with Crippen LogP contribution in [0.5, 0.6) is 0 Å². The quantitative estimate of drug-likeness (QED) is 0.265. The van der Waals surface area contributed by atoms with Crippen molar-refractivity contribution in [2.75, 3.05) is 20.6 Å². The van der Waals surface area contributed by atoms with Gasteiger partial charge in [0, 0.05) is 13.0 Å². The average Bonchev–Trinajstić information content (AvgIpc) is 2.61. The summed E-state index contributed by atoms with van der Waals surface area (Å²) in [5.41, 5.74) is 0. The summed E-state index contributed by atoms with van der Waals surface area (Å²) in [7, 11) is 3.56. The summed E-state index contributed by atoms with van der Waals surface area (Å²) in [6.45, 7) is 2.87. The molecule has 0 aromatic rings. The molecule has 1 atom stereocenters. The van der Waals surface area contributed by atoms with Crippen LogP contribution >= 0.6 is 0 Å². The Balaban J connectivity index is 3.48. The van der Waals surface area contributed by atoms with Gasteiger partial charge in [-0.1, -0.05) is 44.8 Å². The van der Waals surface area contributed by atoms with Crippen molar-refractivity contribution < 1.29 is 14.7 Å². The van der Waals surface area contributed by atoms with Crippen LogP contribution in [0.25, 0.3) is 0 Å². The Morgan fingerprint density at radius 1 is 0.926 bits per heavy atom. The number of carbonyl (C=O) groups is 2. The molecule has 0 unspecified atom stereocenters. The number of rotatable bonds is 18. The van der Waals surface area contributed by atoms with Crippen molar-refractivity contribution in [2.45, 2.75) is 96.4 Å². The number of unbranched alkanes of at least 4 members (excludes halogenated alkanes) is 8. The summed E-state index contributed by atoms with van der Waals surface area (Å²) < 4.78 is 0. The molecule has 0 radical (unpaired) electrons. The highest BCUT2D eigenvalue weighted by molar-refractivity contribution is 5.75. The second kappa shape index (κ2) is 18.0. The maximum Gasteiger partial charge on any atom is 0.320 e. The van der Waals surface area contributed by atoms with Crippen molar-refractivity contribution in [1.29, 1.82) is 0 Å². The standard InChI is InChI=1S/C22H42N2O3/c1-4-5-6-7-8-9-10-11-12-13-14-18-21(25)23-19-16-15-17-20(22(26)27)24(2)3/h10-11,20H,4-9,12-19H2,1-3H3,(H,23,25)(H,26,27)/b11-10+/t20-/m0/s1. The van der Waals surface area contributed by atoms with Crippen LogP contribution in [0, 0.1) is 0 Å². The summed E-state index contributed by atoms with van der Waals surface area (Å²) in [5, 5.41) is 12.0. The molecule has 0 spiro atoms. The van der Waals surface area contributed by atoms with E-state index in [0.717, 1.165) is 32.1 Å². The molecule has 1 amide bonds. The molecule has 2 N–H and O–H groups in total. The highest BCUT2D eigenvalue weighted by Crippen LogP contribution is 2.08. The van der Waals surface area contributed by atoms with Gasteiger partial charge in [-0.25, -0.2) is 0 Å². The van der Waals surface area contributed by atoms with Crippen molar-refractivity contribution in [3.8, 4) is 0 Å². The molecule has 0 aliphatic carbocycles. The lowest BCUT2D eigenvalue weighted by Gasteiger charge is -2.19. The van der Waals surface area contributed by atoms with Crippen LogP contribution in [0.4, 0.5) is 0 Å². The van der Waals surface area contributed by atoms with E-state index in [1.807, 2.05) is 0 Å². The van der Waals surface area contributed by atoms with E-state index in [1.165, 1.54) is 38.5 Å². The maximum atomic E-state index is 11.8. The van der Waals surface area contributed by atoms with Crippen molar-refractivity contribution in [2.24, 2.45) is 0 Å². The fourth-order valence-corrected chi connectivity index (χ4v) is 3.03. The van der Waals surface area contributed by atoms with Gasteiger partial charge in [0.25, 0.3) is 0 Å². The number of hydrogen-bond acceptors (Lipinski definition) is 3. The first kappa shape index (κ1) is 25.6. The van der Waals surface area contributed by atoms with E-state index >= 15 is 0 Å². The first-order valence-electron chi connectivity index (χ1n) is 10.8. The van der Waals surface area contributed by atoms with Crippen LogP contribution in [0.3, 0.4) is 0 Å². The molecule has 0 heterocycles. The van der Waals surface area contributed by atoms with E-state index in [2.05, 4.69) is 24.4 Å². The molecule has 158 valence electrons. The Morgan fingerprint density at radius 3 is 2.15 bits per heavy atom. The molecule has 0 bridgehead atoms. The molecule has 0 aromatic heterocycles. The number of carbonyl (C=O) groups excluding carboxylic acids is 1. The van der Waals surface area contributed by atoms with Crippen molar-refractivity contribution in [3.05, 3.63) is 12.2 Å². The lowest BCUT2D eigenvalue weighted by molar-refractivity contribution is -0.142. The van der Waals surface area contributed by atoms with Crippen LogP contribution in [0.2, 0.25) is 0 Å². The number of nitrogens with one attached hydrogen (secondary N) is 1. The lowest BCUT2D eigenvalue weighted by Crippen LogP contribution is -2.35. The van der Waals surface area contributed by atoms with Crippen LogP contribution in [0.1, 0.15) is 90.4 Å². The summed E-state index contributed by atoms with van der Waals surface area (Å²) in [4.78, 5) is 24.6. The monoisotopic (exact) mass is 382 g/mol. The Kier molecular flexibility index (Phi) is 17.1. The third-order valence-electron chi connectivity index (χ3n) is 4.80. The Morgan fingerprint density at radius 2 is 1.56 bits per heavy atom. The van der Waals surface area contributed by atoms with Gasteiger partial charge < -0.3 is 10.4 Å². The van der Waals surface area contributed by atoms with Crippen molar-refractivity contribution in [1.82, 2.24) is 10.2 Å². The predicted octanol–water partition coefficient (Wildman–Crippen LogP) is 4.76. The molecule has 0 aromatic carbocycles. The first-order valence-corrected chi connectivity index (χ1v) is 10.8. The summed E-state index contributed by atoms with van der Waals surface area (Å²) in [5.74, 6) is -0.674. The van der Waals surface area contributed by atoms with Gasteiger partial charge in [-0.2, -0.15) is 0 Å². The number of carboxylic acid groups (broad SMARTS) is 1. The fourth-order valence-electron chi connectivity index (χ4n) is 3.03. The zero-order valence-electron chi connectivity index (χ0n) is 17.8. The first-order chi connectivity index (χ1) is 13.0. The number of hydrogen-bond donors (Lipinski definition) is 2. The van der Waals surface area contributed by atoms with Gasteiger partial charge in [0.2, 0.25) is 5.91 Å². The zero-order valence-corrected chi connectivity index (χ0v) is 17.8. The smallest absolute Gasteiger partial charge is 0.320 e. The van der Waals surface area contributed by atoms with Gasteiger partial charge in [0.15, 0.2) is 0 Å². The number of amides is 1. The summed E-state index contributed by atoms with van der Waals surface area (Å²) in [6, 6.07) is -0.440. The molecular weight excluding hydrogens is 340 g/mol. The van der Waals surface area contributed by atoms with E-state index in [4.69, 9.17) is 5.11 Å². The second-order valence-corrected chi connectivity index (χ2v) is 7.58. The van der Waals surface area contributed by atoms with Gasteiger partial charge >= 0.3 is 5.97 Å². The zero-order chi connectivity index (χ0) is 20.3. The molecular formula is C22H42N2O3. The molecule has 0 aliphatic heterocycles. The van der Waals surface area contributed by atoms with E-state index < -0.39 is 12.0 Å². The normalized spacial score (nSPS) is 12.6. The molecule has 5 heteroatoms. The maximum absolute atomic E-state index is 11.8. The average molecular weight is 383 g/mol. The SMILES string of the molecule is CCCCCCC/C=C/CCCCC(=O)NCCCC[C@@H](C(=O)O)N(C)C. The number of aliphatic carboxylic acids is 1. The molecule has 0 rings (SSSR count). The number of nitrogens with zero attached hydrogens (tertiary/aromatic N) is 1. The van der Waals surface area contributed by atoms with Gasteiger partial charge in [-0.15, -0.1) is 0 Å². The van der Waals surface area contributed by atoms with E-state index in [-0.39, 0.29) is 5.91 Å². The van der Waals surface area contributed by atoms with Gasteiger partial charge in [0.1, 0.15) is 6.04 Å². The molecule has 5 nitrogen and oxygen atoms in total. The number of carboxylic acids is 1. The molecule has 0 saturated carbocycles. The number of likely N-dealkylation sites (N-methyl/N-ethyl adjacent to an activating group) is 1. The van der Waals surface area contributed by atoms with Crippen LogP contribution < -0.4 is 5.32 Å². The fraction of sp³-hybridized carbons (Fsp3) is 0.818. The highest BCUT2D eigenvalue weighted by atomic mass is 16.4. The van der Waals surface area contributed by atoms with E-state index in [9.17, 15) is 9.59 Å². The summed E-state index contributed by atoms with van der Waals surface area (Å²) in [6.07, 6.45) is 18.2. The summed E-state index contributed by atoms with van der Waals surface area (Å²) >= 11 is 0. The van der Waals surface area contributed by atoms with Crippen LogP contribution in [0.15, 0.2) is 12.2 Å². The Hall–Kier alpha value is -1.36. The van der Waals surface area contributed by atoms with Crippen LogP contribution in [-0.2, 0) is 9.59 Å².